The van der Waals surface area contributed by atoms with Crippen LogP contribution in [0.25, 0.3) is 0 Å². The zero-order valence-electron chi connectivity index (χ0n) is 8.89. The van der Waals surface area contributed by atoms with E-state index in [-0.39, 0.29) is 12.1 Å². The third kappa shape index (κ3) is 6.20. The van der Waals surface area contributed by atoms with Crippen molar-refractivity contribution in [3.05, 3.63) is 12.7 Å². The van der Waals surface area contributed by atoms with E-state index in [1.165, 1.54) is 0 Å². The average molecular weight is 185 g/mol. The van der Waals surface area contributed by atoms with E-state index >= 15 is 0 Å². The van der Waals surface area contributed by atoms with E-state index in [0.29, 0.717) is 0 Å². The van der Waals surface area contributed by atoms with Crippen LogP contribution in [0.4, 0.5) is 4.79 Å². The molecule has 0 aliphatic rings. The van der Waals surface area contributed by atoms with E-state index < -0.39 is 5.60 Å². The van der Waals surface area contributed by atoms with Crippen molar-refractivity contribution in [1.82, 2.24) is 5.32 Å². The van der Waals surface area contributed by atoms with E-state index in [9.17, 15) is 4.79 Å². The average Bonchev–Trinajstić information content (AvgIpc) is 1.96. The van der Waals surface area contributed by atoms with Gasteiger partial charge in [-0.1, -0.05) is 13.0 Å². The third-order valence-electron chi connectivity index (χ3n) is 1.43. The molecule has 0 fully saturated rings. The first-order valence-electron chi connectivity index (χ1n) is 4.51. The topological polar surface area (TPSA) is 38.3 Å². The molecule has 0 bridgehead atoms. The van der Waals surface area contributed by atoms with Gasteiger partial charge in [0.1, 0.15) is 5.60 Å². The quantitative estimate of drug-likeness (QED) is 0.686. The summed E-state index contributed by atoms with van der Waals surface area (Å²) in [7, 11) is 0. The molecule has 0 aromatic carbocycles. The standard InChI is InChI=1S/C10H19NO2/c1-6-8(7-2)11-9(12)13-10(3,4)5/h6,8H,1,7H2,2-5H3,(H,11,12)/t8-/m1/s1. The molecule has 76 valence electrons. The fraction of sp³-hybridized carbons (Fsp3) is 0.700. The van der Waals surface area contributed by atoms with Crippen molar-refractivity contribution in [2.75, 3.05) is 0 Å². The molecule has 0 saturated carbocycles. The summed E-state index contributed by atoms with van der Waals surface area (Å²) in [5.74, 6) is 0. The van der Waals surface area contributed by atoms with Gasteiger partial charge in [0.25, 0.3) is 0 Å². The van der Waals surface area contributed by atoms with Crippen LogP contribution in [0.15, 0.2) is 12.7 Å². The number of alkyl carbamates (subject to hydrolysis) is 1. The Morgan fingerprint density at radius 2 is 2.15 bits per heavy atom. The molecule has 0 unspecified atom stereocenters. The maximum Gasteiger partial charge on any atom is 0.408 e. The number of rotatable bonds is 3. The highest BCUT2D eigenvalue weighted by atomic mass is 16.6. The Morgan fingerprint density at radius 1 is 1.62 bits per heavy atom. The Hall–Kier alpha value is -0.990. The van der Waals surface area contributed by atoms with Crippen LogP contribution in [0.1, 0.15) is 34.1 Å². The molecule has 13 heavy (non-hydrogen) atoms. The van der Waals surface area contributed by atoms with Crippen LogP contribution in [-0.2, 0) is 4.74 Å². The van der Waals surface area contributed by atoms with Gasteiger partial charge in [0.05, 0.1) is 0 Å². The first-order chi connectivity index (χ1) is 5.89. The molecule has 1 atom stereocenters. The van der Waals surface area contributed by atoms with Crippen molar-refractivity contribution in [3.8, 4) is 0 Å². The highest BCUT2D eigenvalue weighted by Gasteiger charge is 2.17. The van der Waals surface area contributed by atoms with Crippen LogP contribution < -0.4 is 5.32 Å². The van der Waals surface area contributed by atoms with Crippen LogP contribution in [0.3, 0.4) is 0 Å². The predicted octanol–water partition coefficient (Wildman–Crippen LogP) is 2.48. The lowest BCUT2D eigenvalue weighted by Gasteiger charge is -2.21. The number of hydrogen-bond donors (Lipinski definition) is 1. The maximum atomic E-state index is 11.2. The molecule has 0 radical (unpaired) electrons. The molecule has 0 saturated heterocycles. The number of nitrogens with one attached hydrogen (secondary N) is 1. The van der Waals surface area contributed by atoms with E-state index in [1.54, 1.807) is 6.08 Å². The molecule has 0 aromatic heterocycles. The second-order valence-electron chi connectivity index (χ2n) is 3.90. The van der Waals surface area contributed by atoms with E-state index in [0.717, 1.165) is 6.42 Å². The zero-order valence-corrected chi connectivity index (χ0v) is 8.89. The first kappa shape index (κ1) is 12.0. The van der Waals surface area contributed by atoms with Gasteiger partial charge in [-0.3, -0.25) is 0 Å². The van der Waals surface area contributed by atoms with Gasteiger partial charge in [0, 0.05) is 6.04 Å². The van der Waals surface area contributed by atoms with Gasteiger partial charge < -0.3 is 10.1 Å². The minimum atomic E-state index is -0.441. The third-order valence-corrected chi connectivity index (χ3v) is 1.43. The summed E-state index contributed by atoms with van der Waals surface area (Å²) in [5, 5.41) is 2.69. The Bertz CT molecular complexity index is 182. The Balaban J connectivity index is 3.93. The molecule has 3 nitrogen and oxygen atoms in total. The first-order valence-corrected chi connectivity index (χ1v) is 4.51. The molecular formula is C10H19NO2. The van der Waals surface area contributed by atoms with E-state index in [4.69, 9.17) is 4.74 Å². The van der Waals surface area contributed by atoms with Crippen LogP contribution >= 0.6 is 0 Å². The van der Waals surface area contributed by atoms with E-state index in [1.807, 2.05) is 27.7 Å². The monoisotopic (exact) mass is 185 g/mol. The van der Waals surface area contributed by atoms with Gasteiger partial charge in [-0.2, -0.15) is 0 Å². The number of ether oxygens (including phenoxy) is 1. The smallest absolute Gasteiger partial charge is 0.408 e. The Kier molecular flexibility index (Phi) is 4.52. The van der Waals surface area contributed by atoms with Crippen molar-refractivity contribution in [3.63, 3.8) is 0 Å². The summed E-state index contributed by atoms with van der Waals surface area (Å²) < 4.78 is 5.07. The van der Waals surface area contributed by atoms with Crippen molar-refractivity contribution in [2.24, 2.45) is 0 Å². The van der Waals surface area contributed by atoms with Crippen molar-refractivity contribution >= 4 is 6.09 Å². The minimum absolute atomic E-state index is 0.00477. The SMILES string of the molecule is C=C[C@H](CC)NC(=O)OC(C)(C)C. The van der Waals surface area contributed by atoms with Gasteiger partial charge in [-0.25, -0.2) is 4.79 Å². The lowest BCUT2D eigenvalue weighted by atomic mass is 10.2. The van der Waals surface area contributed by atoms with Crippen molar-refractivity contribution in [1.29, 1.82) is 0 Å². The van der Waals surface area contributed by atoms with Crippen LogP contribution in [-0.4, -0.2) is 17.7 Å². The van der Waals surface area contributed by atoms with Gasteiger partial charge in [0.2, 0.25) is 0 Å². The summed E-state index contributed by atoms with van der Waals surface area (Å²) >= 11 is 0. The minimum Gasteiger partial charge on any atom is -0.444 e. The van der Waals surface area contributed by atoms with Crippen LogP contribution in [0, 0.1) is 0 Å². The lowest BCUT2D eigenvalue weighted by molar-refractivity contribution is 0.0513. The van der Waals surface area contributed by atoms with Crippen molar-refractivity contribution < 1.29 is 9.53 Å². The molecule has 0 heterocycles. The van der Waals surface area contributed by atoms with Gasteiger partial charge in [0.15, 0.2) is 0 Å². The highest BCUT2D eigenvalue weighted by molar-refractivity contribution is 5.68. The fourth-order valence-corrected chi connectivity index (χ4v) is 0.787. The Morgan fingerprint density at radius 3 is 2.46 bits per heavy atom. The number of carbonyl (C=O) groups excluding carboxylic acids is 1. The van der Waals surface area contributed by atoms with Gasteiger partial charge >= 0.3 is 6.09 Å². The van der Waals surface area contributed by atoms with Crippen molar-refractivity contribution in [2.45, 2.75) is 45.8 Å². The normalized spacial score (nSPS) is 13.2. The lowest BCUT2D eigenvalue weighted by Crippen LogP contribution is -2.37. The van der Waals surface area contributed by atoms with Gasteiger partial charge in [-0.15, -0.1) is 6.58 Å². The zero-order chi connectivity index (χ0) is 10.5. The summed E-state index contributed by atoms with van der Waals surface area (Å²) in [5.41, 5.74) is -0.441. The summed E-state index contributed by atoms with van der Waals surface area (Å²) in [4.78, 5) is 11.2. The number of carbonyl (C=O) groups is 1. The molecule has 3 heteroatoms. The second kappa shape index (κ2) is 4.90. The number of hydrogen-bond acceptors (Lipinski definition) is 2. The molecule has 0 spiro atoms. The molecule has 1 N–H and O–H groups in total. The van der Waals surface area contributed by atoms with Crippen LogP contribution in [0.5, 0.6) is 0 Å². The molecule has 0 rings (SSSR count). The second-order valence-corrected chi connectivity index (χ2v) is 3.90. The summed E-state index contributed by atoms with van der Waals surface area (Å²) in [6, 6.07) is -0.00477. The van der Waals surface area contributed by atoms with E-state index in [2.05, 4.69) is 11.9 Å². The Labute approximate surface area is 80.2 Å². The van der Waals surface area contributed by atoms with Gasteiger partial charge in [-0.05, 0) is 27.2 Å². The molecule has 1 amide bonds. The molecular weight excluding hydrogens is 166 g/mol. The largest absolute Gasteiger partial charge is 0.444 e. The summed E-state index contributed by atoms with van der Waals surface area (Å²) in [6.07, 6.45) is 2.13. The molecule has 0 aliphatic heterocycles. The summed E-state index contributed by atoms with van der Waals surface area (Å²) in [6.45, 7) is 11.1. The molecule has 0 aliphatic carbocycles. The van der Waals surface area contributed by atoms with Crippen LogP contribution in [0.2, 0.25) is 0 Å². The fourth-order valence-electron chi connectivity index (χ4n) is 0.787. The predicted molar refractivity (Wildman–Crippen MR) is 53.6 cm³/mol. The molecule has 0 aromatic rings. The number of amides is 1. The maximum absolute atomic E-state index is 11.2. The highest BCUT2D eigenvalue weighted by Crippen LogP contribution is 2.07.